The number of hydrogen-bond acceptors (Lipinski definition) is 6. The third-order valence-corrected chi connectivity index (χ3v) is 2.36. The average molecular weight is 251 g/mol. The lowest BCUT2D eigenvalue weighted by atomic mass is 10.1. The van der Waals surface area contributed by atoms with E-state index in [0.717, 1.165) is 6.20 Å². The van der Waals surface area contributed by atoms with Gasteiger partial charge in [-0.25, -0.2) is 0 Å². The number of hydrogen-bond donors (Lipinski definition) is 1. The molecule has 1 heterocycles. The van der Waals surface area contributed by atoms with Gasteiger partial charge in [0.25, 0.3) is 5.43 Å². The Bertz CT molecular complexity index is 691. The second-order valence-corrected chi connectivity index (χ2v) is 3.37. The Labute approximate surface area is 98.1 Å². The number of pyridine rings is 1. The van der Waals surface area contributed by atoms with Gasteiger partial charge in [-0.05, 0) is 12.1 Å². The molecule has 0 fully saturated rings. The molecule has 2 rings (SSSR count). The van der Waals surface area contributed by atoms with Crippen LogP contribution in [0.2, 0.25) is 0 Å². The summed E-state index contributed by atoms with van der Waals surface area (Å²) < 4.78 is 0.387. The third kappa shape index (κ3) is 1.54. The fraction of sp³-hybridized carbons (Fsp3) is 0. The van der Waals surface area contributed by atoms with Gasteiger partial charge in [0, 0.05) is 6.20 Å². The van der Waals surface area contributed by atoms with E-state index >= 15 is 0 Å². The number of benzene rings is 1. The van der Waals surface area contributed by atoms with Gasteiger partial charge in [0.1, 0.15) is 6.07 Å². The number of nitrogens with zero attached hydrogens (tertiary/aromatic N) is 3. The van der Waals surface area contributed by atoms with Gasteiger partial charge < -0.3 is 5.21 Å². The van der Waals surface area contributed by atoms with Gasteiger partial charge in [-0.1, -0.05) is 0 Å². The molecule has 9 heteroatoms. The fourth-order valence-electron chi connectivity index (χ4n) is 1.61. The van der Waals surface area contributed by atoms with Crippen LogP contribution >= 0.6 is 0 Å². The summed E-state index contributed by atoms with van der Waals surface area (Å²) in [6.45, 7) is 0. The van der Waals surface area contributed by atoms with Crippen LogP contribution in [0, 0.1) is 20.2 Å². The number of aromatic nitrogens is 1. The summed E-state index contributed by atoms with van der Waals surface area (Å²) in [6, 6.07) is 2.96. The first kappa shape index (κ1) is 11.5. The van der Waals surface area contributed by atoms with Gasteiger partial charge in [0.2, 0.25) is 0 Å². The SMILES string of the molecule is O=c1c2cccn(O)c-2c([N+](=O)[O-])cc1[N+](=O)[O-]. The molecule has 2 aliphatic rings. The Hall–Kier alpha value is -2.97. The minimum atomic E-state index is -0.997. The van der Waals surface area contributed by atoms with Crippen molar-refractivity contribution in [3.8, 4) is 11.3 Å². The molecule has 92 valence electrons. The molecule has 0 bridgehead atoms. The fourth-order valence-corrected chi connectivity index (χ4v) is 1.61. The first-order valence-corrected chi connectivity index (χ1v) is 4.60. The number of nitro groups is 2. The van der Waals surface area contributed by atoms with Gasteiger partial charge in [0.05, 0.1) is 15.4 Å². The largest absolute Gasteiger partial charge is 0.428 e. The molecule has 0 atom stereocenters. The summed E-state index contributed by atoms with van der Waals surface area (Å²) in [6.07, 6.45) is 1.08. The standard InChI is InChI=1S/C9H5N3O6/c13-9-5-2-1-3-10(14)8(5)6(11(15)16)4-7(9)12(17)18/h1-4,14H. The van der Waals surface area contributed by atoms with Crippen LogP contribution in [-0.4, -0.2) is 19.8 Å². The van der Waals surface area contributed by atoms with Crippen molar-refractivity contribution in [1.29, 1.82) is 0 Å². The van der Waals surface area contributed by atoms with Crippen molar-refractivity contribution in [3.63, 3.8) is 0 Å². The quantitative estimate of drug-likeness (QED) is 0.481. The second kappa shape index (κ2) is 3.80. The summed E-state index contributed by atoms with van der Waals surface area (Å²) >= 11 is 0. The van der Waals surface area contributed by atoms with Crippen LogP contribution in [0.25, 0.3) is 11.3 Å². The van der Waals surface area contributed by atoms with Crippen LogP contribution in [0.3, 0.4) is 0 Å². The smallest absolute Gasteiger partial charge is 0.323 e. The highest BCUT2D eigenvalue weighted by atomic mass is 16.6. The van der Waals surface area contributed by atoms with Gasteiger partial charge in [0.15, 0.2) is 5.69 Å². The lowest BCUT2D eigenvalue weighted by Crippen LogP contribution is -2.16. The van der Waals surface area contributed by atoms with E-state index in [1.54, 1.807) is 0 Å². The Morgan fingerprint density at radius 1 is 1.17 bits per heavy atom. The highest BCUT2D eigenvalue weighted by molar-refractivity contribution is 5.75. The van der Waals surface area contributed by atoms with Crippen molar-refractivity contribution in [3.05, 3.63) is 54.8 Å². The third-order valence-electron chi connectivity index (χ3n) is 2.36. The Balaban J connectivity index is 3.01. The number of nitro benzene ring substituents is 2. The summed E-state index contributed by atoms with van der Waals surface area (Å²) in [4.78, 5) is 31.3. The molecule has 1 aliphatic heterocycles. The van der Waals surface area contributed by atoms with Crippen molar-refractivity contribution in [2.75, 3.05) is 0 Å². The minimum Gasteiger partial charge on any atom is -0.428 e. The maximum absolute atomic E-state index is 11.7. The Morgan fingerprint density at radius 3 is 2.33 bits per heavy atom. The normalized spacial score (nSPS) is 10.4. The average Bonchev–Trinajstić information content (AvgIpc) is 2.29. The predicted octanol–water partition coefficient (Wildman–Crippen LogP) is 1.01. The molecule has 0 aromatic carbocycles. The van der Waals surface area contributed by atoms with Crippen LogP contribution in [0.5, 0.6) is 0 Å². The highest BCUT2D eigenvalue weighted by Crippen LogP contribution is 2.31. The van der Waals surface area contributed by atoms with Crippen molar-refractivity contribution in [2.45, 2.75) is 0 Å². The molecule has 0 radical (unpaired) electrons. The summed E-state index contributed by atoms with van der Waals surface area (Å²) in [5.74, 6) is 0. The van der Waals surface area contributed by atoms with Crippen LogP contribution in [0.1, 0.15) is 0 Å². The zero-order valence-electron chi connectivity index (χ0n) is 8.64. The van der Waals surface area contributed by atoms with Gasteiger partial charge in [-0.3, -0.25) is 25.0 Å². The van der Waals surface area contributed by atoms with Crippen molar-refractivity contribution in [1.82, 2.24) is 4.73 Å². The molecule has 0 aromatic heterocycles. The molecule has 0 amide bonds. The molecule has 9 nitrogen and oxygen atoms in total. The minimum absolute atomic E-state index is 0.291. The van der Waals surface area contributed by atoms with E-state index < -0.39 is 26.7 Å². The van der Waals surface area contributed by atoms with Gasteiger partial charge in [-0.2, -0.15) is 4.73 Å². The number of fused-ring (bicyclic) bond motifs is 1. The van der Waals surface area contributed by atoms with E-state index in [9.17, 15) is 30.2 Å². The molecule has 1 aliphatic carbocycles. The van der Waals surface area contributed by atoms with E-state index in [0.29, 0.717) is 10.8 Å². The molecule has 0 saturated carbocycles. The number of non-ortho nitro benzene ring substituents is 1. The van der Waals surface area contributed by atoms with Crippen LogP contribution < -0.4 is 5.43 Å². The van der Waals surface area contributed by atoms with E-state index in [1.807, 2.05) is 0 Å². The van der Waals surface area contributed by atoms with E-state index in [2.05, 4.69) is 0 Å². The highest BCUT2D eigenvalue weighted by Gasteiger charge is 2.30. The molecule has 0 spiro atoms. The Morgan fingerprint density at radius 2 is 1.78 bits per heavy atom. The number of rotatable bonds is 2. The monoisotopic (exact) mass is 251 g/mol. The molecular weight excluding hydrogens is 246 g/mol. The zero-order valence-corrected chi connectivity index (χ0v) is 8.64. The maximum atomic E-state index is 11.7. The second-order valence-electron chi connectivity index (χ2n) is 3.37. The van der Waals surface area contributed by atoms with E-state index in [1.165, 1.54) is 12.1 Å². The summed E-state index contributed by atoms with van der Waals surface area (Å²) in [5, 5.41) is 30.9. The molecule has 18 heavy (non-hydrogen) atoms. The summed E-state index contributed by atoms with van der Waals surface area (Å²) in [5.41, 5.74) is -3.26. The van der Waals surface area contributed by atoms with Crippen LogP contribution in [0.15, 0.2) is 29.2 Å². The summed E-state index contributed by atoms with van der Waals surface area (Å²) in [7, 11) is 0. The maximum Gasteiger partial charge on any atom is 0.323 e. The first-order chi connectivity index (χ1) is 8.43. The lowest BCUT2D eigenvalue weighted by molar-refractivity contribution is -0.394. The molecule has 0 aromatic rings. The van der Waals surface area contributed by atoms with Crippen molar-refractivity contribution < 1.29 is 15.1 Å². The molecule has 1 N–H and O–H groups in total. The Kier molecular flexibility index (Phi) is 2.43. The van der Waals surface area contributed by atoms with Crippen molar-refractivity contribution in [2.24, 2.45) is 0 Å². The first-order valence-electron chi connectivity index (χ1n) is 4.60. The molecular formula is C9H5N3O6. The predicted molar refractivity (Wildman–Crippen MR) is 57.8 cm³/mol. The van der Waals surface area contributed by atoms with E-state index in [4.69, 9.17) is 0 Å². The lowest BCUT2D eigenvalue weighted by Gasteiger charge is -2.08. The van der Waals surface area contributed by atoms with Crippen LogP contribution in [0.4, 0.5) is 11.4 Å². The topological polar surface area (TPSA) is 129 Å². The molecule has 0 unspecified atom stereocenters. The molecule has 0 saturated heterocycles. The van der Waals surface area contributed by atoms with E-state index in [-0.39, 0.29) is 11.3 Å². The van der Waals surface area contributed by atoms with Crippen LogP contribution in [-0.2, 0) is 0 Å². The van der Waals surface area contributed by atoms with Gasteiger partial charge >= 0.3 is 11.4 Å². The van der Waals surface area contributed by atoms with Crippen molar-refractivity contribution >= 4 is 11.4 Å². The zero-order chi connectivity index (χ0) is 13.4. The van der Waals surface area contributed by atoms with Gasteiger partial charge in [-0.15, -0.1) is 0 Å².